The fourth-order valence-corrected chi connectivity index (χ4v) is 3.04. The van der Waals surface area contributed by atoms with Crippen LogP contribution in [0.25, 0.3) is 0 Å². The van der Waals surface area contributed by atoms with E-state index in [4.69, 9.17) is 0 Å². The van der Waals surface area contributed by atoms with Crippen molar-refractivity contribution < 1.29 is 9.90 Å². The highest BCUT2D eigenvalue weighted by Crippen LogP contribution is 2.12. The molecule has 0 spiro atoms. The van der Waals surface area contributed by atoms with Gasteiger partial charge in [0.25, 0.3) is 0 Å². The number of nitrogens with zero attached hydrogens (tertiary/aromatic N) is 3. The fourth-order valence-electron chi connectivity index (χ4n) is 3.04. The van der Waals surface area contributed by atoms with Crippen LogP contribution in [-0.2, 0) is 4.79 Å². The number of aliphatic hydroxyl groups excluding tert-OH is 1. The molecular formula is C18H30N4O2. The maximum Gasteiger partial charge on any atom is 0.221 e. The predicted octanol–water partition coefficient (Wildman–Crippen LogP) is 1.12. The molecule has 6 nitrogen and oxygen atoms in total. The molecule has 0 aliphatic carbocycles. The lowest BCUT2D eigenvalue weighted by molar-refractivity contribution is -0.121. The first kappa shape index (κ1) is 18.7. The fraction of sp³-hybridized carbons (Fsp3) is 0.667. The number of hydrogen-bond acceptors (Lipinski definition) is 5. The molecule has 0 radical (unpaired) electrons. The minimum absolute atomic E-state index is 0.0969. The van der Waals surface area contributed by atoms with Crippen LogP contribution in [-0.4, -0.2) is 66.3 Å². The van der Waals surface area contributed by atoms with E-state index in [0.717, 1.165) is 45.0 Å². The number of carbonyl (C=O) groups is 1. The molecule has 2 unspecified atom stereocenters. The summed E-state index contributed by atoms with van der Waals surface area (Å²) < 4.78 is 0. The molecule has 24 heavy (non-hydrogen) atoms. The maximum atomic E-state index is 11.9. The Morgan fingerprint density at radius 3 is 2.67 bits per heavy atom. The second kappa shape index (κ2) is 9.59. The van der Waals surface area contributed by atoms with Crippen LogP contribution < -0.4 is 10.2 Å². The van der Waals surface area contributed by atoms with Crippen LogP contribution in [0.3, 0.4) is 0 Å². The molecule has 0 saturated carbocycles. The first-order chi connectivity index (χ1) is 11.5. The lowest BCUT2D eigenvalue weighted by Gasteiger charge is -2.35. The molecule has 1 saturated heterocycles. The van der Waals surface area contributed by atoms with Crippen LogP contribution in [0.15, 0.2) is 24.4 Å². The van der Waals surface area contributed by atoms with E-state index in [0.29, 0.717) is 18.9 Å². The summed E-state index contributed by atoms with van der Waals surface area (Å²) in [6.45, 7) is 9.08. The van der Waals surface area contributed by atoms with Gasteiger partial charge in [-0.3, -0.25) is 9.69 Å². The summed E-state index contributed by atoms with van der Waals surface area (Å²) in [7, 11) is 0. The Balaban J connectivity index is 1.61. The number of pyridine rings is 1. The zero-order valence-corrected chi connectivity index (χ0v) is 14.8. The number of hydrogen-bond donors (Lipinski definition) is 2. The summed E-state index contributed by atoms with van der Waals surface area (Å²) in [5.41, 5.74) is 0. The number of aliphatic hydroxyl groups is 1. The second-order valence-corrected chi connectivity index (χ2v) is 6.76. The number of amides is 1. The van der Waals surface area contributed by atoms with Crippen molar-refractivity contribution in [3.05, 3.63) is 24.4 Å². The van der Waals surface area contributed by atoms with Gasteiger partial charge < -0.3 is 15.3 Å². The summed E-state index contributed by atoms with van der Waals surface area (Å²) in [5, 5.41) is 12.3. The third-order valence-electron chi connectivity index (χ3n) is 4.39. The van der Waals surface area contributed by atoms with Crippen molar-refractivity contribution in [3.63, 3.8) is 0 Å². The normalized spacial score (nSPS) is 18.2. The topological polar surface area (TPSA) is 68.7 Å². The zero-order chi connectivity index (χ0) is 17.4. The molecule has 2 N–H and O–H groups in total. The summed E-state index contributed by atoms with van der Waals surface area (Å²) in [4.78, 5) is 20.9. The highest BCUT2D eigenvalue weighted by atomic mass is 16.3. The Labute approximate surface area is 144 Å². The Bertz CT molecular complexity index is 487. The van der Waals surface area contributed by atoms with Crippen LogP contribution in [0.5, 0.6) is 0 Å². The van der Waals surface area contributed by atoms with E-state index < -0.39 is 0 Å². The van der Waals surface area contributed by atoms with E-state index in [-0.39, 0.29) is 12.0 Å². The first-order valence-corrected chi connectivity index (χ1v) is 8.87. The highest BCUT2D eigenvalue weighted by Gasteiger charge is 2.18. The van der Waals surface area contributed by atoms with E-state index in [1.165, 1.54) is 0 Å². The van der Waals surface area contributed by atoms with Crippen molar-refractivity contribution in [1.29, 1.82) is 0 Å². The average molecular weight is 334 g/mol. The van der Waals surface area contributed by atoms with Gasteiger partial charge in [0.2, 0.25) is 5.91 Å². The molecule has 1 aliphatic heterocycles. The van der Waals surface area contributed by atoms with Gasteiger partial charge in [0.15, 0.2) is 0 Å². The van der Waals surface area contributed by atoms with Crippen molar-refractivity contribution in [2.75, 3.05) is 44.2 Å². The van der Waals surface area contributed by atoms with Crippen molar-refractivity contribution >= 4 is 11.7 Å². The van der Waals surface area contributed by atoms with Gasteiger partial charge in [0, 0.05) is 51.9 Å². The first-order valence-electron chi connectivity index (χ1n) is 8.87. The standard InChI is InChI=1S/C18H30N4O2/c1-15(13-16(2)23)14-20-18(24)6-8-21-9-11-22(12-10-21)17-5-3-4-7-19-17/h3-5,7,15-16,23H,6,8-14H2,1-2H3,(H,20,24). The summed E-state index contributed by atoms with van der Waals surface area (Å²) in [5.74, 6) is 1.43. The monoisotopic (exact) mass is 334 g/mol. The van der Waals surface area contributed by atoms with E-state index in [2.05, 4.69) is 20.1 Å². The number of aromatic nitrogens is 1. The van der Waals surface area contributed by atoms with Crippen molar-refractivity contribution in [2.24, 2.45) is 5.92 Å². The van der Waals surface area contributed by atoms with Gasteiger partial charge in [-0.1, -0.05) is 13.0 Å². The molecule has 2 atom stereocenters. The Kier molecular flexibility index (Phi) is 7.46. The number of carbonyl (C=O) groups excluding carboxylic acids is 1. The van der Waals surface area contributed by atoms with Crippen LogP contribution in [0.4, 0.5) is 5.82 Å². The third-order valence-corrected chi connectivity index (χ3v) is 4.39. The van der Waals surface area contributed by atoms with Crippen molar-refractivity contribution in [2.45, 2.75) is 32.8 Å². The lowest BCUT2D eigenvalue weighted by atomic mass is 10.0. The average Bonchev–Trinajstić information content (AvgIpc) is 2.59. The van der Waals surface area contributed by atoms with Gasteiger partial charge in [-0.15, -0.1) is 0 Å². The van der Waals surface area contributed by atoms with E-state index in [9.17, 15) is 9.90 Å². The summed E-state index contributed by atoms with van der Waals surface area (Å²) in [6, 6.07) is 5.98. The molecular weight excluding hydrogens is 304 g/mol. The smallest absolute Gasteiger partial charge is 0.221 e. The lowest BCUT2D eigenvalue weighted by Crippen LogP contribution is -2.47. The maximum absolute atomic E-state index is 11.9. The molecule has 1 aromatic rings. The predicted molar refractivity (Wildman–Crippen MR) is 96.0 cm³/mol. The Hall–Kier alpha value is -1.66. The van der Waals surface area contributed by atoms with E-state index >= 15 is 0 Å². The highest BCUT2D eigenvalue weighted by molar-refractivity contribution is 5.76. The number of nitrogens with one attached hydrogen (secondary N) is 1. The van der Waals surface area contributed by atoms with Crippen LogP contribution in [0.1, 0.15) is 26.7 Å². The molecule has 6 heteroatoms. The Morgan fingerprint density at radius 2 is 2.04 bits per heavy atom. The van der Waals surface area contributed by atoms with Crippen molar-refractivity contribution in [1.82, 2.24) is 15.2 Å². The molecule has 0 aromatic carbocycles. The molecule has 2 heterocycles. The van der Waals surface area contributed by atoms with E-state index in [1.54, 1.807) is 6.92 Å². The van der Waals surface area contributed by atoms with Crippen molar-refractivity contribution in [3.8, 4) is 0 Å². The summed E-state index contributed by atoms with van der Waals surface area (Å²) >= 11 is 0. The van der Waals surface area contributed by atoms with Gasteiger partial charge in [-0.05, 0) is 31.4 Å². The molecule has 134 valence electrons. The SMILES string of the molecule is CC(O)CC(C)CNC(=O)CCN1CCN(c2ccccn2)CC1. The quantitative estimate of drug-likeness (QED) is 0.745. The van der Waals surface area contributed by atoms with Gasteiger partial charge in [0.05, 0.1) is 6.10 Å². The number of piperazine rings is 1. The minimum atomic E-state index is -0.313. The van der Waals surface area contributed by atoms with Crippen LogP contribution >= 0.6 is 0 Å². The summed E-state index contributed by atoms with van der Waals surface area (Å²) in [6.07, 6.45) is 2.76. The molecule has 0 bridgehead atoms. The largest absolute Gasteiger partial charge is 0.393 e. The minimum Gasteiger partial charge on any atom is -0.393 e. The molecule has 1 fully saturated rings. The van der Waals surface area contributed by atoms with Crippen LogP contribution in [0, 0.1) is 5.92 Å². The zero-order valence-electron chi connectivity index (χ0n) is 14.8. The number of rotatable bonds is 8. The third kappa shape index (κ3) is 6.45. The molecule has 2 rings (SSSR count). The Morgan fingerprint density at radius 1 is 1.29 bits per heavy atom. The van der Waals surface area contributed by atoms with Crippen LogP contribution in [0.2, 0.25) is 0 Å². The van der Waals surface area contributed by atoms with Gasteiger partial charge in [-0.25, -0.2) is 4.98 Å². The second-order valence-electron chi connectivity index (χ2n) is 6.76. The molecule has 1 aliphatic rings. The van der Waals surface area contributed by atoms with Gasteiger partial charge in [-0.2, -0.15) is 0 Å². The molecule has 1 amide bonds. The van der Waals surface area contributed by atoms with E-state index in [1.807, 2.05) is 31.3 Å². The number of anilines is 1. The van der Waals surface area contributed by atoms with Gasteiger partial charge >= 0.3 is 0 Å². The molecule has 1 aromatic heterocycles. The van der Waals surface area contributed by atoms with Gasteiger partial charge in [0.1, 0.15) is 5.82 Å².